The Morgan fingerprint density at radius 2 is 1.43 bits per heavy atom. The molecule has 4 aromatic carbocycles. The van der Waals surface area contributed by atoms with Crippen LogP contribution in [-0.2, 0) is 32.6 Å². The van der Waals surface area contributed by atoms with Gasteiger partial charge in [0.15, 0.2) is 0 Å². The molecule has 218 valence electrons. The maximum absolute atomic E-state index is 14.3. The number of hydrogen-bond donors (Lipinski definition) is 1. The second kappa shape index (κ2) is 14.5. The van der Waals surface area contributed by atoms with Crippen molar-refractivity contribution in [2.75, 3.05) is 17.4 Å². The lowest BCUT2D eigenvalue weighted by Crippen LogP contribution is -2.53. The zero-order valence-electron chi connectivity index (χ0n) is 23.0. The number of benzene rings is 4. The minimum atomic E-state index is -4.17. The SMILES string of the molecule is CCNC(=O)[C@@H](Cc1ccccc1)N(Cc1ccc(Br)cc1)C(=O)CN(c1ccccc1)S(=O)(=O)c1ccc(Cl)cc1. The van der Waals surface area contributed by atoms with Crippen molar-refractivity contribution in [3.8, 4) is 0 Å². The van der Waals surface area contributed by atoms with Crippen LogP contribution in [0.3, 0.4) is 0 Å². The van der Waals surface area contributed by atoms with Crippen molar-refractivity contribution in [1.82, 2.24) is 10.2 Å². The highest BCUT2D eigenvalue weighted by molar-refractivity contribution is 9.10. The van der Waals surface area contributed by atoms with Gasteiger partial charge in [-0.25, -0.2) is 8.42 Å². The smallest absolute Gasteiger partial charge is 0.264 e. The quantitative estimate of drug-likeness (QED) is 0.199. The van der Waals surface area contributed by atoms with E-state index in [2.05, 4.69) is 21.2 Å². The first-order valence-electron chi connectivity index (χ1n) is 13.4. The van der Waals surface area contributed by atoms with E-state index in [1.165, 1.54) is 29.2 Å². The second-order valence-corrected chi connectivity index (χ2v) is 12.8. The average molecular weight is 669 g/mol. The van der Waals surface area contributed by atoms with E-state index in [-0.39, 0.29) is 23.8 Å². The number of para-hydroxylation sites is 1. The van der Waals surface area contributed by atoms with E-state index in [4.69, 9.17) is 11.6 Å². The minimum absolute atomic E-state index is 0.00688. The van der Waals surface area contributed by atoms with Gasteiger partial charge < -0.3 is 10.2 Å². The monoisotopic (exact) mass is 667 g/mol. The van der Waals surface area contributed by atoms with Gasteiger partial charge >= 0.3 is 0 Å². The summed E-state index contributed by atoms with van der Waals surface area (Å²) in [5.74, 6) is -0.842. The third kappa shape index (κ3) is 8.00. The highest BCUT2D eigenvalue weighted by Gasteiger charge is 2.34. The van der Waals surface area contributed by atoms with Crippen LogP contribution >= 0.6 is 27.5 Å². The lowest BCUT2D eigenvalue weighted by atomic mass is 10.0. The zero-order valence-corrected chi connectivity index (χ0v) is 26.1. The lowest BCUT2D eigenvalue weighted by Gasteiger charge is -2.33. The Labute approximate surface area is 260 Å². The van der Waals surface area contributed by atoms with E-state index in [0.29, 0.717) is 17.3 Å². The van der Waals surface area contributed by atoms with Gasteiger partial charge in [-0.2, -0.15) is 0 Å². The Morgan fingerprint density at radius 3 is 2.02 bits per heavy atom. The Morgan fingerprint density at radius 1 is 0.833 bits per heavy atom. The number of halogens is 2. The van der Waals surface area contributed by atoms with Crippen LogP contribution in [0.15, 0.2) is 119 Å². The van der Waals surface area contributed by atoms with Crippen LogP contribution < -0.4 is 9.62 Å². The number of carbonyl (C=O) groups is 2. The fraction of sp³-hybridized carbons (Fsp3) is 0.188. The molecule has 7 nitrogen and oxygen atoms in total. The van der Waals surface area contributed by atoms with Crippen molar-refractivity contribution in [2.45, 2.75) is 30.8 Å². The Hall–Kier alpha value is -3.66. The molecule has 10 heteroatoms. The van der Waals surface area contributed by atoms with Crippen LogP contribution in [0.2, 0.25) is 5.02 Å². The van der Waals surface area contributed by atoms with E-state index in [0.717, 1.165) is 19.9 Å². The molecule has 0 saturated heterocycles. The first kappa shape index (κ1) is 31.3. The number of nitrogens with one attached hydrogen (secondary N) is 1. The van der Waals surface area contributed by atoms with Crippen molar-refractivity contribution < 1.29 is 18.0 Å². The molecule has 4 aromatic rings. The predicted molar refractivity (Wildman–Crippen MR) is 170 cm³/mol. The molecule has 1 N–H and O–H groups in total. The Kier molecular flexibility index (Phi) is 10.8. The van der Waals surface area contributed by atoms with Crippen molar-refractivity contribution in [2.24, 2.45) is 0 Å². The van der Waals surface area contributed by atoms with Gasteiger partial charge in [-0.1, -0.05) is 88.2 Å². The number of carbonyl (C=O) groups excluding carboxylic acids is 2. The first-order valence-corrected chi connectivity index (χ1v) is 16.0. The largest absolute Gasteiger partial charge is 0.355 e. The predicted octanol–water partition coefficient (Wildman–Crippen LogP) is 6.07. The van der Waals surface area contributed by atoms with Crippen molar-refractivity contribution >= 4 is 55.1 Å². The van der Waals surface area contributed by atoms with Gasteiger partial charge in [-0.15, -0.1) is 0 Å². The molecule has 0 fully saturated rings. The van der Waals surface area contributed by atoms with Gasteiger partial charge in [0.1, 0.15) is 12.6 Å². The summed E-state index contributed by atoms with van der Waals surface area (Å²) in [5.41, 5.74) is 1.99. The number of likely N-dealkylation sites (N-methyl/N-ethyl adjacent to an activating group) is 1. The van der Waals surface area contributed by atoms with E-state index in [1.54, 1.807) is 30.3 Å². The van der Waals surface area contributed by atoms with Gasteiger partial charge in [0, 0.05) is 29.0 Å². The van der Waals surface area contributed by atoms with Crippen LogP contribution in [0.4, 0.5) is 5.69 Å². The summed E-state index contributed by atoms with van der Waals surface area (Å²) in [4.78, 5) is 29.2. The summed E-state index contributed by atoms with van der Waals surface area (Å²) >= 11 is 9.46. The summed E-state index contributed by atoms with van der Waals surface area (Å²) in [6.07, 6.45) is 0.254. The normalized spacial score (nSPS) is 11.9. The van der Waals surface area contributed by atoms with E-state index < -0.39 is 28.5 Å². The molecule has 2 amide bonds. The molecule has 4 rings (SSSR count). The molecular weight excluding hydrogens is 638 g/mol. The molecule has 0 aliphatic carbocycles. The third-order valence-electron chi connectivity index (χ3n) is 6.61. The first-order chi connectivity index (χ1) is 20.2. The molecule has 0 heterocycles. The Balaban J connectivity index is 1.77. The number of rotatable bonds is 12. The van der Waals surface area contributed by atoms with E-state index in [1.807, 2.05) is 61.5 Å². The van der Waals surface area contributed by atoms with Gasteiger partial charge in [0.2, 0.25) is 11.8 Å². The molecule has 0 bridgehead atoms. The van der Waals surface area contributed by atoms with Crippen molar-refractivity contribution in [1.29, 1.82) is 0 Å². The average Bonchev–Trinajstić information content (AvgIpc) is 2.99. The topological polar surface area (TPSA) is 86.8 Å². The fourth-order valence-corrected chi connectivity index (χ4v) is 6.29. The summed E-state index contributed by atoms with van der Waals surface area (Å²) < 4.78 is 29.8. The molecule has 1 atom stereocenters. The fourth-order valence-electron chi connectivity index (χ4n) is 4.49. The number of hydrogen-bond acceptors (Lipinski definition) is 4. The van der Waals surface area contributed by atoms with E-state index >= 15 is 0 Å². The number of amides is 2. The maximum Gasteiger partial charge on any atom is 0.264 e. The summed E-state index contributed by atoms with van der Waals surface area (Å²) in [7, 11) is -4.17. The number of nitrogens with zero attached hydrogens (tertiary/aromatic N) is 2. The van der Waals surface area contributed by atoms with Crippen LogP contribution in [0.25, 0.3) is 0 Å². The van der Waals surface area contributed by atoms with Crippen LogP contribution in [-0.4, -0.2) is 44.3 Å². The van der Waals surface area contributed by atoms with Crippen molar-refractivity contribution in [3.05, 3.63) is 130 Å². The standard InChI is InChI=1S/C32H31BrClN3O4S/c1-2-35-32(39)30(21-24-9-5-3-6-10-24)36(22-25-13-15-26(33)16-14-25)31(38)23-37(28-11-7-4-8-12-28)42(40,41)29-19-17-27(34)18-20-29/h3-20,30H,2,21-23H2,1H3,(H,35,39)/t30-/m1/s1. The highest BCUT2D eigenvalue weighted by Crippen LogP contribution is 2.26. The van der Waals surface area contributed by atoms with Gasteiger partial charge in [-0.05, 0) is 66.6 Å². The van der Waals surface area contributed by atoms with Gasteiger partial charge in [-0.3, -0.25) is 13.9 Å². The number of anilines is 1. The second-order valence-electron chi connectivity index (χ2n) is 9.55. The zero-order chi connectivity index (χ0) is 30.1. The molecule has 0 radical (unpaired) electrons. The summed E-state index contributed by atoms with van der Waals surface area (Å²) in [5, 5.41) is 3.25. The molecule has 42 heavy (non-hydrogen) atoms. The molecule has 0 aliphatic heterocycles. The van der Waals surface area contributed by atoms with Crippen molar-refractivity contribution in [3.63, 3.8) is 0 Å². The molecule has 0 saturated carbocycles. The molecule has 0 spiro atoms. The maximum atomic E-state index is 14.3. The van der Waals surface area contributed by atoms with Crippen LogP contribution in [0, 0.1) is 0 Å². The van der Waals surface area contributed by atoms with Gasteiger partial charge in [0.25, 0.3) is 10.0 Å². The molecular formula is C32H31BrClN3O4S. The minimum Gasteiger partial charge on any atom is -0.355 e. The number of sulfonamides is 1. The third-order valence-corrected chi connectivity index (χ3v) is 9.18. The van der Waals surface area contributed by atoms with E-state index in [9.17, 15) is 18.0 Å². The van der Waals surface area contributed by atoms with Crippen LogP contribution in [0.5, 0.6) is 0 Å². The lowest BCUT2D eigenvalue weighted by molar-refractivity contribution is -0.140. The van der Waals surface area contributed by atoms with Crippen LogP contribution in [0.1, 0.15) is 18.1 Å². The van der Waals surface area contributed by atoms with Gasteiger partial charge in [0.05, 0.1) is 10.6 Å². The summed E-state index contributed by atoms with van der Waals surface area (Å²) in [6, 6.07) is 30.2. The highest BCUT2D eigenvalue weighted by atomic mass is 79.9. The Bertz CT molecular complexity index is 1590. The molecule has 0 aliphatic rings. The molecule has 0 unspecified atom stereocenters. The molecule has 0 aromatic heterocycles. The summed E-state index contributed by atoms with van der Waals surface area (Å²) in [6.45, 7) is 1.78.